The summed E-state index contributed by atoms with van der Waals surface area (Å²) in [4.78, 5) is 11.2. The highest BCUT2D eigenvalue weighted by Crippen LogP contribution is 2.26. The molecule has 1 fully saturated rings. The molecule has 1 atom stereocenters. The number of aryl methyl sites for hydroxylation is 1. The van der Waals surface area contributed by atoms with Gasteiger partial charge in [0.15, 0.2) is 0 Å². The third-order valence-corrected chi connectivity index (χ3v) is 3.58. The Hall–Kier alpha value is -1.02. The van der Waals surface area contributed by atoms with E-state index in [9.17, 15) is 4.79 Å². The van der Waals surface area contributed by atoms with Crippen molar-refractivity contribution in [2.75, 3.05) is 0 Å². The molecule has 1 heterocycles. The maximum absolute atomic E-state index is 11.2. The first-order chi connectivity index (χ1) is 7.48. The number of carbonyl (C=O) groups excluding carboxylic acids is 1. The van der Waals surface area contributed by atoms with Crippen LogP contribution in [-0.2, 0) is 11.2 Å². The van der Waals surface area contributed by atoms with Crippen LogP contribution in [0.3, 0.4) is 0 Å². The largest absolute Gasteiger partial charge is 0.351 e. The van der Waals surface area contributed by atoms with Gasteiger partial charge in [0.05, 0.1) is 0 Å². The van der Waals surface area contributed by atoms with Crippen LogP contribution in [0, 0.1) is 6.92 Å². The van der Waals surface area contributed by atoms with Crippen LogP contribution in [0.15, 0.2) is 18.2 Å². The van der Waals surface area contributed by atoms with Crippen LogP contribution in [0.1, 0.15) is 30.9 Å². The molecule has 16 heavy (non-hydrogen) atoms. The second-order valence-electron chi connectivity index (χ2n) is 4.87. The molecule has 1 aromatic rings. The third kappa shape index (κ3) is 2.38. The molecule has 0 spiro atoms. The highest BCUT2D eigenvalue weighted by Gasteiger charge is 2.32. The highest BCUT2D eigenvalue weighted by atomic mass is 35.5. The van der Waals surface area contributed by atoms with E-state index >= 15 is 0 Å². The van der Waals surface area contributed by atoms with Gasteiger partial charge in [-0.1, -0.05) is 23.7 Å². The van der Waals surface area contributed by atoms with Gasteiger partial charge in [-0.25, -0.2) is 0 Å². The molecule has 1 aliphatic heterocycles. The zero-order valence-electron chi connectivity index (χ0n) is 9.64. The Morgan fingerprint density at radius 3 is 2.81 bits per heavy atom. The Balaban J connectivity index is 2.14. The van der Waals surface area contributed by atoms with Crippen molar-refractivity contribution in [3.8, 4) is 0 Å². The summed E-state index contributed by atoms with van der Waals surface area (Å²) in [6.07, 6.45) is 2.38. The molecule has 0 aliphatic carbocycles. The van der Waals surface area contributed by atoms with Gasteiger partial charge in [-0.2, -0.15) is 0 Å². The topological polar surface area (TPSA) is 29.1 Å². The summed E-state index contributed by atoms with van der Waals surface area (Å²) in [5.74, 6) is 0.153. The molecular formula is C13H16ClNO. The summed E-state index contributed by atoms with van der Waals surface area (Å²) < 4.78 is 0. The third-order valence-electron chi connectivity index (χ3n) is 3.18. The Kier molecular flexibility index (Phi) is 2.94. The fourth-order valence-electron chi connectivity index (χ4n) is 2.18. The van der Waals surface area contributed by atoms with E-state index in [0.717, 1.165) is 23.4 Å². The van der Waals surface area contributed by atoms with E-state index < -0.39 is 0 Å². The molecule has 0 radical (unpaired) electrons. The summed E-state index contributed by atoms with van der Waals surface area (Å²) in [7, 11) is 0. The SMILES string of the molecule is Cc1ccc(CC2(C)CCC(=O)N2)cc1Cl. The van der Waals surface area contributed by atoms with Crippen LogP contribution in [0.4, 0.5) is 0 Å². The Bertz CT molecular complexity index is 430. The fraction of sp³-hybridized carbons (Fsp3) is 0.462. The highest BCUT2D eigenvalue weighted by molar-refractivity contribution is 6.31. The summed E-state index contributed by atoms with van der Waals surface area (Å²) in [5.41, 5.74) is 2.17. The lowest BCUT2D eigenvalue weighted by molar-refractivity contribution is -0.119. The second kappa shape index (κ2) is 4.10. The Labute approximate surface area is 101 Å². The van der Waals surface area contributed by atoms with E-state index in [-0.39, 0.29) is 11.4 Å². The minimum atomic E-state index is -0.102. The molecule has 1 amide bonds. The number of carbonyl (C=O) groups is 1. The Morgan fingerprint density at radius 2 is 2.25 bits per heavy atom. The predicted molar refractivity (Wildman–Crippen MR) is 65.7 cm³/mol. The van der Waals surface area contributed by atoms with E-state index in [2.05, 4.69) is 18.3 Å². The van der Waals surface area contributed by atoms with Crippen molar-refractivity contribution >= 4 is 17.5 Å². The van der Waals surface area contributed by atoms with E-state index in [0.29, 0.717) is 6.42 Å². The number of amides is 1. The lowest BCUT2D eigenvalue weighted by Crippen LogP contribution is -2.40. The number of hydrogen-bond acceptors (Lipinski definition) is 1. The van der Waals surface area contributed by atoms with Crippen molar-refractivity contribution in [2.45, 2.75) is 38.6 Å². The Morgan fingerprint density at radius 1 is 1.50 bits per heavy atom. The molecule has 0 aromatic heterocycles. The fourth-order valence-corrected chi connectivity index (χ4v) is 2.38. The molecule has 1 saturated heterocycles. The number of rotatable bonds is 2. The van der Waals surface area contributed by atoms with E-state index in [4.69, 9.17) is 11.6 Å². The first-order valence-electron chi connectivity index (χ1n) is 5.55. The van der Waals surface area contributed by atoms with Gasteiger partial charge in [-0.3, -0.25) is 4.79 Å². The summed E-state index contributed by atoms with van der Waals surface area (Å²) in [6, 6.07) is 6.10. The molecule has 1 aromatic carbocycles. The molecule has 86 valence electrons. The van der Waals surface area contributed by atoms with Gasteiger partial charge in [-0.05, 0) is 43.9 Å². The molecule has 0 bridgehead atoms. The molecule has 3 heteroatoms. The monoisotopic (exact) mass is 237 g/mol. The number of nitrogens with one attached hydrogen (secondary N) is 1. The van der Waals surface area contributed by atoms with Gasteiger partial charge in [-0.15, -0.1) is 0 Å². The number of halogens is 1. The van der Waals surface area contributed by atoms with E-state index in [1.54, 1.807) is 0 Å². The average Bonchev–Trinajstić information content (AvgIpc) is 2.52. The van der Waals surface area contributed by atoms with Gasteiger partial charge in [0.2, 0.25) is 5.91 Å². The zero-order chi connectivity index (χ0) is 11.8. The van der Waals surface area contributed by atoms with Crippen molar-refractivity contribution < 1.29 is 4.79 Å². The molecular weight excluding hydrogens is 222 g/mol. The van der Waals surface area contributed by atoms with Crippen molar-refractivity contribution in [3.05, 3.63) is 34.3 Å². The summed E-state index contributed by atoms with van der Waals surface area (Å²) in [5, 5.41) is 3.83. The first kappa shape index (κ1) is 11.5. The molecule has 1 N–H and O–H groups in total. The maximum atomic E-state index is 11.2. The van der Waals surface area contributed by atoms with Gasteiger partial charge in [0.25, 0.3) is 0 Å². The van der Waals surface area contributed by atoms with Crippen LogP contribution in [0.5, 0.6) is 0 Å². The van der Waals surface area contributed by atoms with Crippen LogP contribution < -0.4 is 5.32 Å². The lowest BCUT2D eigenvalue weighted by atomic mass is 9.91. The van der Waals surface area contributed by atoms with Crippen LogP contribution in [0.25, 0.3) is 0 Å². The molecule has 1 aliphatic rings. The van der Waals surface area contributed by atoms with Crippen molar-refractivity contribution in [1.29, 1.82) is 0 Å². The number of benzene rings is 1. The van der Waals surface area contributed by atoms with Crippen molar-refractivity contribution in [2.24, 2.45) is 0 Å². The van der Waals surface area contributed by atoms with Gasteiger partial charge < -0.3 is 5.32 Å². The van der Waals surface area contributed by atoms with Crippen molar-refractivity contribution in [3.63, 3.8) is 0 Å². The van der Waals surface area contributed by atoms with Crippen LogP contribution in [-0.4, -0.2) is 11.4 Å². The van der Waals surface area contributed by atoms with Gasteiger partial charge in [0.1, 0.15) is 0 Å². The van der Waals surface area contributed by atoms with Gasteiger partial charge >= 0.3 is 0 Å². The molecule has 2 nitrogen and oxygen atoms in total. The van der Waals surface area contributed by atoms with Gasteiger partial charge in [0, 0.05) is 17.0 Å². The lowest BCUT2D eigenvalue weighted by Gasteiger charge is -2.24. The quantitative estimate of drug-likeness (QED) is 0.842. The number of hydrogen-bond donors (Lipinski definition) is 1. The zero-order valence-corrected chi connectivity index (χ0v) is 10.4. The standard InChI is InChI=1S/C13H16ClNO/c1-9-3-4-10(7-11(9)14)8-13(2)6-5-12(16)15-13/h3-4,7H,5-6,8H2,1-2H3,(H,15,16). The first-order valence-corrected chi connectivity index (χ1v) is 5.92. The molecule has 2 rings (SSSR count). The smallest absolute Gasteiger partial charge is 0.220 e. The molecule has 1 unspecified atom stereocenters. The van der Waals surface area contributed by atoms with E-state index in [1.165, 1.54) is 5.56 Å². The minimum Gasteiger partial charge on any atom is -0.351 e. The summed E-state index contributed by atoms with van der Waals surface area (Å²) >= 11 is 6.09. The summed E-state index contributed by atoms with van der Waals surface area (Å²) in [6.45, 7) is 4.08. The maximum Gasteiger partial charge on any atom is 0.220 e. The predicted octanol–water partition coefficient (Wildman–Crippen LogP) is 2.86. The molecule has 0 saturated carbocycles. The average molecular weight is 238 g/mol. The van der Waals surface area contributed by atoms with Crippen LogP contribution >= 0.6 is 11.6 Å². The van der Waals surface area contributed by atoms with Crippen LogP contribution in [0.2, 0.25) is 5.02 Å². The second-order valence-corrected chi connectivity index (χ2v) is 5.28. The van der Waals surface area contributed by atoms with E-state index in [1.807, 2.05) is 19.1 Å². The normalized spacial score (nSPS) is 24.6. The van der Waals surface area contributed by atoms with Crippen molar-refractivity contribution in [1.82, 2.24) is 5.32 Å². The minimum absolute atomic E-state index is 0.102.